The van der Waals surface area contributed by atoms with Gasteiger partial charge in [-0.15, -0.1) is 0 Å². The minimum absolute atomic E-state index is 0.0166. The van der Waals surface area contributed by atoms with Gasteiger partial charge in [-0.25, -0.2) is 18.4 Å². The van der Waals surface area contributed by atoms with Gasteiger partial charge in [-0.3, -0.25) is 4.79 Å². The number of rotatable bonds is 9. The van der Waals surface area contributed by atoms with Crippen molar-refractivity contribution < 1.29 is 17.9 Å². The Balaban J connectivity index is 1.89. The van der Waals surface area contributed by atoms with Gasteiger partial charge in [0.05, 0.1) is 17.2 Å². The summed E-state index contributed by atoms with van der Waals surface area (Å²) in [5.74, 6) is 0.221. The third-order valence-electron chi connectivity index (χ3n) is 5.34. The number of H-pyrrole nitrogens is 1. The van der Waals surface area contributed by atoms with Crippen LogP contribution in [0.25, 0.3) is 11.4 Å². The molecule has 1 aromatic rings. The Labute approximate surface area is 199 Å². The molecule has 0 aromatic heterocycles. The zero-order valence-electron chi connectivity index (χ0n) is 19.4. The fourth-order valence-corrected chi connectivity index (χ4v) is 5.33. The maximum atomic E-state index is 13.3. The molecule has 2 heterocycles. The number of sulfonamides is 1. The Bertz CT molecular complexity index is 1210. The lowest BCUT2D eigenvalue weighted by Crippen LogP contribution is -2.44. The number of ether oxygens (including phenoxy) is 1. The predicted octanol–water partition coefficient (Wildman–Crippen LogP) is 4.06. The SMILES string of the molecule is CCOC(=O)[C@H](CC(C)C)N(C)S(=O)(=O)c1ccc(Cc2[nH]ccc3nc(C)nc2-3)c(Cl)c1. The first-order valence-electron chi connectivity index (χ1n) is 10.8. The smallest absolute Gasteiger partial charge is 0.324 e. The van der Waals surface area contributed by atoms with Crippen molar-refractivity contribution in [2.75, 3.05) is 13.7 Å². The fourth-order valence-electron chi connectivity index (χ4n) is 3.67. The lowest BCUT2D eigenvalue weighted by atomic mass is 10.0. The number of esters is 1. The zero-order valence-corrected chi connectivity index (χ0v) is 21.0. The molecule has 1 aromatic carbocycles. The minimum atomic E-state index is -3.97. The van der Waals surface area contributed by atoms with E-state index < -0.39 is 22.0 Å². The van der Waals surface area contributed by atoms with Crippen molar-refractivity contribution in [2.45, 2.75) is 51.5 Å². The summed E-state index contributed by atoms with van der Waals surface area (Å²) in [4.78, 5) is 24.5. The number of aromatic nitrogens is 3. The number of nitrogens with one attached hydrogen (secondary N) is 1. The molecule has 8 nitrogen and oxygen atoms in total. The second-order valence-corrected chi connectivity index (χ2v) is 10.7. The number of carbonyl (C=O) groups excluding carboxylic acids is 1. The first-order chi connectivity index (χ1) is 15.5. The van der Waals surface area contributed by atoms with Crippen LogP contribution in [0.3, 0.4) is 0 Å². The summed E-state index contributed by atoms with van der Waals surface area (Å²) in [5, 5.41) is 0.308. The van der Waals surface area contributed by atoms with E-state index in [1.807, 2.05) is 26.8 Å². The van der Waals surface area contributed by atoms with Crippen LogP contribution in [0.15, 0.2) is 35.4 Å². The van der Waals surface area contributed by atoms with Crippen LogP contribution in [-0.2, 0) is 26.0 Å². The first kappa shape index (κ1) is 25.1. The Morgan fingerprint density at radius 3 is 2.61 bits per heavy atom. The summed E-state index contributed by atoms with van der Waals surface area (Å²) >= 11 is 6.50. The third kappa shape index (κ3) is 5.54. The molecule has 3 rings (SSSR count). The number of aromatic amines is 1. The van der Waals surface area contributed by atoms with Crippen LogP contribution in [0.5, 0.6) is 0 Å². The highest BCUT2D eigenvalue weighted by Crippen LogP contribution is 2.29. The number of hydrogen-bond donors (Lipinski definition) is 1. The van der Waals surface area contributed by atoms with Crippen LogP contribution in [-0.4, -0.2) is 53.3 Å². The standard InChI is InChI=1S/C23H29ClN4O4S/c1-6-32-23(29)21(11-14(2)3)28(5)33(30,31)17-8-7-16(18(24)13-17)12-20-22-19(9-10-25-20)26-15(4)27-22/h7-10,13-14,21,25H,6,11-12H2,1-5H3/t21-/m0/s1. The lowest BCUT2D eigenvalue weighted by Gasteiger charge is -2.27. The zero-order chi connectivity index (χ0) is 24.3. The average molecular weight is 493 g/mol. The Kier molecular flexibility index (Phi) is 7.76. The van der Waals surface area contributed by atoms with E-state index in [2.05, 4.69) is 15.0 Å². The number of benzene rings is 1. The topological polar surface area (TPSA) is 105 Å². The van der Waals surface area contributed by atoms with Crippen LogP contribution < -0.4 is 0 Å². The molecular weight excluding hydrogens is 464 g/mol. The molecule has 10 heteroatoms. The van der Waals surface area contributed by atoms with Gasteiger partial charge in [-0.2, -0.15) is 4.31 Å². The van der Waals surface area contributed by atoms with Gasteiger partial charge >= 0.3 is 5.97 Å². The highest BCUT2D eigenvalue weighted by atomic mass is 35.5. The second-order valence-electron chi connectivity index (χ2n) is 8.31. The molecule has 0 radical (unpaired) electrons. The Morgan fingerprint density at radius 1 is 1.24 bits per heavy atom. The van der Waals surface area contributed by atoms with Crippen molar-refractivity contribution in [1.82, 2.24) is 19.3 Å². The number of hydrogen-bond acceptors (Lipinski definition) is 6. The molecule has 0 bridgehead atoms. The minimum Gasteiger partial charge on any atom is -0.465 e. The van der Waals surface area contributed by atoms with E-state index in [1.165, 1.54) is 19.2 Å². The molecule has 0 unspecified atom stereocenters. The fraction of sp³-hybridized carbons (Fsp3) is 0.435. The number of likely N-dealkylation sites (N-methyl/N-ethyl adjacent to an activating group) is 1. The normalized spacial score (nSPS) is 13.1. The van der Waals surface area contributed by atoms with Gasteiger partial charge < -0.3 is 9.72 Å². The molecule has 0 aliphatic carbocycles. The Hall–Kier alpha value is -2.49. The van der Waals surface area contributed by atoms with E-state index in [4.69, 9.17) is 16.3 Å². The molecule has 0 amide bonds. The van der Waals surface area contributed by atoms with Crippen molar-refractivity contribution in [2.24, 2.45) is 5.92 Å². The molecule has 33 heavy (non-hydrogen) atoms. The maximum Gasteiger partial charge on any atom is 0.324 e. The number of carbonyl (C=O) groups is 1. The molecular formula is C23H29ClN4O4S. The van der Waals surface area contributed by atoms with E-state index >= 15 is 0 Å². The largest absolute Gasteiger partial charge is 0.465 e. The van der Waals surface area contributed by atoms with Gasteiger partial charge in [-0.1, -0.05) is 31.5 Å². The van der Waals surface area contributed by atoms with Crippen molar-refractivity contribution in [1.29, 1.82) is 0 Å². The van der Waals surface area contributed by atoms with E-state index in [9.17, 15) is 13.2 Å². The molecule has 1 N–H and O–H groups in total. The molecule has 2 aliphatic rings. The summed E-state index contributed by atoms with van der Waals surface area (Å²) in [6.45, 7) is 7.55. The Morgan fingerprint density at radius 2 is 1.97 bits per heavy atom. The van der Waals surface area contributed by atoms with E-state index in [1.54, 1.807) is 19.2 Å². The van der Waals surface area contributed by atoms with Crippen LogP contribution in [0, 0.1) is 12.8 Å². The third-order valence-corrected chi connectivity index (χ3v) is 7.56. The molecule has 0 saturated heterocycles. The average Bonchev–Trinajstić information content (AvgIpc) is 3.14. The van der Waals surface area contributed by atoms with Crippen LogP contribution in [0.2, 0.25) is 5.02 Å². The van der Waals surface area contributed by atoms with Crippen molar-refractivity contribution in [3.05, 3.63) is 52.6 Å². The van der Waals surface area contributed by atoms with E-state index in [0.717, 1.165) is 27.0 Å². The number of aryl methyl sites for hydroxylation is 1. The molecule has 0 spiro atoms. The van der Waals surface area contributed by atoms with Gasteiger partial charge in [0.25, 0.3) is 0 Å². The van der Waals surface area contributed by atoms with Crippen LogP contribution in [0.1, 0.15) is 44.3 Å². The highest BCUT2D eigenvalue weighted by molar-refractivity contribution is 7.89. The number of imidazole rings is 1. The highest BCUT2D eigenvalue weighted by Gasteiger charge is 2.34. The number of nitrogens with zero attached hydrogens (tertiary/aromatic N) is 3. The summed E-state index contributed by atoms with van der Waals surface area (Å²) < 4.78 is 32.8. The summed E-state index contributed by atoms with van der Waals surface area (Å²) in [6.07, 6.45) is 2.57. The summed E-state index contributed by atoms with van der Waals surface area (Å²) in [5.41, 5.74) is 3.12. The van der Waals surface area contributed by atoms with Crippen LogP contribution >= 0.6 is 11.6 Å². The quantitative estimate of drug-likeness (QED) is 0.451. The van der Waals surface area contributed by atoms with Crippen molar-refractivity contribution in [3.63, 3.8) is 0 Å². The van der Waals surface area contributed by atoms with Crippen LogP contribution in [0.4, 0.5) is 0 Å². The van der Waals surface area contributed by atoms with E-state index in [0.29, 0.717) is 23.7 Å². The first-order valence-corrected chi connectivity index (χ1v) is 12.6. The van der Waals surface area contributed by atoms with Gasteiger partial charge in [0.1, 0.15) is 17.6 Å². The summed E-state index contributed by atoms with van der Waals surface area (Å²) in [6, 6.07) is 5.54. The number of halogens is 1. The lowest BCUT2D eigenvalue weighted by molar-refractivity contribution is -0.147. The molecule has 2 aliphatic heterocycles. The maximum absolute atomic E-state index is 13.3. The van der Waals surface area contributed by atoms with E-state index in [-0.39, 0.29) is 17.4 Å². The van der Waals surface area contributed by atoms with Gasteiger partial charge in [0, 0.05) is 30.4 Å². The van der Waals surface area contributed by atoms with Gasteiger partial charge in [0.15, 0.2) is 0 Å². The molecule has 0 saturated carbocycles. The molecule has 0 fully saturated rings. The van der Waals surface area contributed by atoms with Gasteiger partial charge in [0.2, 0.25) is 10.0 Å². The summed E-state index contributed by atoms with van der Waals surface area (Å²) in [7, 11) is -2.58. The molecule has 1 atom stereocenters. The number of fused-ring (bicyclic) bond motifs is 1. The second kappa shape index (κ2) is 10.2. The molecule has 178 valence electrons. The predicted molar refractivity (Wildman–Crippen MR) is 127 cm³/mol. The monoisotopic (exact) mass is 492 g/mol. The van der Waals surface area contributed by atoms with Crippen molar-refractivity contribution in [3.8, 4) is 11.4 Å². The number of pyridine rings is 1. The van der Waals surface area contributed by atoms with Gasteiger partial charge in [-0.05, 0) is 49.9 Å². The van der Waals surface area contributed by atoms with Crippen molar-refractivity contribution >= 4 is 27.6 Å².